The van der Waals surface area contributed by atoms with Crippen molar-refractivity contribution in [3.63, 3.8) is 0 Å². The molecule has 0 N–H and O–H groups in total. The summed E-state index contributed by atoms with van der Waals surface area (Å²) in [5.41, 5.74) is 3.65. The van der Waals surface area contributed by atoms with Gasteiger partial charge in [0.2, 0.25) is 5.91 Å². The van der Waals surface area contributed by atoms with E-state index in [-0.39, 0.29) is 5.91 Å². The van der Waals surface area contributed by atoms with E-state index in [1.165, 1.54) is 0 Å². The maximum atomic E-state index is 12.4. The Labute approximate surface area is 130 Å². The van der Waals surface area contributed by atoms with E-state index in [1.807, 2.05) is 42.8 Å². The van der Waals surface area contributed by atoms with Crippen LogP contribution in [0.25, 0.3) is 11.0 Å². The van der Waals surface area contributed by atoms with E-state index in [1.54, 1.807) is 10.9 Å². The molecule has 0 aliphatic carbocycles. The van der Waals surface area contributed by atoms with E-state index in [4.69, 9.17) is 0 Å². The van der Waals surface area contributed by atoms with Gasteiger partial charge in [-0.25, -0.2) is 4.98 Å². The molecular formula is C15H15BrN4O. The Morgan fingerprint density at radius 3 is 2.76 bits per heavy atom. The molecule has 2 heterocycles. The molecule has 3 aromatic rings. The minimum absolute atomic E-state index is 0.0207. The van der Waals surface area contributed by atoms with E-state index in [9.17, 15) is 4.79 Å². The van der Waals surface area contributed by atoms with Crippen LogP contribution in [0.1, 0.15) is 22.6 Å². The fraction of sp³-hybridized carbons (Fsp3) is 0.267. The number of rotatable bonds is 3. The zero-order valence-corrected chi connectivity index (χ0v) is 13.5. The third-order valence-corrected chi connectivity index (χ3v) is 4.70. The summed E-state index contributed by atoms with van der Waals surface area (Å²) in [6, 6.07) is 7.63. The van der Waals surface area contributed by atoms with Gasteiger partial charge >= 0.3 is 0 Å². The number of fused-ring (bicyclic) bond motifs is 1. The van der Waals surface area contributed by atoms with Gasteiger partial charge in [-0.15, -0.1) is 0 Å². The molecule has 108 valence electrons. The molecule has 0 unspecified atom stereocenters. The average molecular weight is 347 g/mol. The summed E-state index contributed by atoms with van der Waals surface area (Å²) in [6.07, 6.45) is 1.97. The van der Waals surface area contributed by atoms with Crippen LogP contribution in [0.5, 0.6) is 0 Å². The third-order valence-electron chi connectivity index (χ3n) is 3.55. The number of imidazole rings is 1. The SMILES string of the molecule is Cc1nn(CCC(=O)n2cnc3ccccc32)c(C)c1Br. The first-order chi connectivity index (χ1) is 10.1. The van der Waals surface area contributed by atoms with Gasteiger partial charge in [0.05, 0.1) is 27.7 Å². The van der Waals surface area contributed by atoms with Crippen LogP contribution in [0.2, 0.25) is 0 Å². The maximum Gasteiger partial charge on any atom is 0.234 e. The van der Waals surface area contributed by atoms with Gasteiger partial charge < -0.3 is 0 Å². The summed E-state index contributed by atoms with van der Waals surface area (Å²) in [5, 5.41) is 4.42. The van der Waals surface area contributed by atoms with Gasteiger partial charge in [-0.2, -0.15) is 5.10 Å². The van der Waals surface area contributed by atoms with Crippen LogP contribution in [-0.4, -0.2) is 25.2 Å². The number of benzene rings is 1. The lowest BCUT2D eigenvalue weighted by Crippen LogP contribution is -2.14. The van der Waals surface area contributed by atoms with Gasteiger partial charge in [0, 0.05) is 12.1 Å². The Bertz CT molecular complexity index is 818. The number of carbonyl (C=O) groups excluding carboxylic acids is 1. The molecular weight excluding hydrogens is 332 g/mol. The molecule has 6 heteroatoms. The van der Waals surface area contributed by atoms with Crippen molar-refractivity contribution in [2.45, 2.75) is 26.8 Å². The van der Waals surface area contributed by atoms with Crippen molar-refractivity contribution in [1.29, 1.82) is 0 Å². The molecule has 0 fully saturated rings. The number of para-hydroxylation sites is 2. The predicted octanol–water partition coefficient (Wildman–Crippen LogP) is 3.34. The molecule has 21 heavy (non-hydrogen) atoms. The van der Waals surface area contributed by atoms with E-state index < -0.39 is 0 Å². The third kappa shape index (κ3) is 2.51. The minimum Gasteiger partial charge on any atom is -0.274 e. The molecule has 1 aromatic carbocycles. The second-order valence-electron chi connectivity index (χ2n) is 4.95. The summed E-state index contributed by atoms with van der Waals surface area (Å²) in [5.74, 6) is 0.0207. The number of aromatic nitrogens is 4. The number of aryl methyl sites for hydroxylation is 2. The zero-order valence-electron chi connectivity index (χ0n) is 11.9. The van der Waals surface area contributed by atoms with E-state index in [0.717, 1.165) is 26.9 Å². The van der Waals surface area contributed by atoms with Crippen molar-refractivity contribution >= 4 is 32.9 Å². The molecule has 0 amide bonds. The normalized spacial score (nSPS) is 11.2. The lowest BCUT2D eigenvalue weighted by molar-refractivity contribution is 0.0899. The molecule has 0 aliphatic heterocycles. The monoisotopic (exact) mass is 346 g/mol. The first-order valence-corrected chi connectivity index (χ1v) is 7.52. The molecule has 0 saturated carbocycles. The highest BCUT2D eigenvalue weighted by atomic mass is 79.9. The van der Waals surface area contributed by atoms with Crippen LogP contribution in [0.3, 0.4) is 0 Å². The quantitative estimate of drug-likeness (QED) is 0.730. The number of halogens is 1. The lowest BCUT2D eigenvalue weighted by atomic mass is 10.3. The summed E-state index contributed by atoms with van der Waals surface area (Å²) in [7, 11) is 0. The van der Waals surface area contributed by atoms with Gasteiger partial charge in [0.15, 0.2) is 0 Å². The molecule has 3 rings (SSSR count). The second kappa shape index (κ2) is 5.44. The van der Waals surface area contributed by atoms with Crippen LogP contribution < -0.4 is 0 Å². The van der Waals surface area contributed by atoms with E-state index >= 15 is 0 Å². The van der Waals surface area contributed by atoms with Crippen molar-refractivity contribution in [3.05, 3.63) is 46.5 Å². The zero-order chi connectivity index (χ0) is 15.0. The maximum absolute atomic E-state index is 12.4. The van der Waals surface area contributed by atoms with Gasteiger partial charge in [-0.05, 0) is 41.9 Å². The smallest absolute Gasteiger partial charge is 0.234 e. The van der Waals surface area contributed by atoms with Crippen LogP contribution in [0.4, 0.5) is 0 Å². The largest absolute Gasteiger partial charge is 0.274 e. The first-order valence-electron chi connectivity index (χ1n) is 6.72. The molecule has 0 atom stereocenters. The Hall–Kier alpha value is -1.95. The van der Waals surface area contributed by atoms with Crippen LogP contribution in [0.15, 0.2) is 35.1 Å². The summed E-state index contributed by atoms with van der Waals surface area (Å²) in [6.45, 7) is 4.49. The topological polar surface area (TPSA) is 52.7 Å². The number of hydrogen-bond acceptors (Lipinski definition) is 3. The molecule has 5 nitrogen and oxygen atoms in total. The van der Waals surface area contributed by atoms with Crippen molar-refractivity contribution < 1.29 is 4.79 Å². The molecule has 0 radical (unpaired) electrons. The Morgan fingerprint density at radius 1 is 1.29 bits per heavy atom. The minimum atomic E-state index is 0.0207. The standard InChI is InChI=1S/C15H15BrN4O/c1-10-15(16)11(2)20(18-10)8-7-14(21)19-9-17-12-5-3-4-6-13(12)19/h3-6,9H,7-8H2,1-2H3. The fourth-order valence-electron chi connectivity index (χ4n) is 2.37. The second-order valence-corrected chi connectivity index (χ2v) is 5.75. The average Bonchev–Trinajstić information content (AvgIpc) is 3.02. The number of nitrogens with zero attached hydrogens (tertiary/aromatic N) is 4. The molecule has 0 saturated heterocycles. The highest BCUT2D eigenvalue weighted by Crippen LogP contribution is 2.20. The summed E-state index contributed by atoms with van der Waals surface area (Å²) >= 11 is 3.49. The molecule has 0 aliphatic rings. The molecule has 0 bridgehead atoms. The summed E-state index contributed by atoms with van der Waals surface area (Å²) < 4.78 is 4.47. The van der Waals surface area contributed by atoms with E-state index in [0.29, 0.717) is 13.0 Å². The van der Waals surface area contributed by atoms with Crippen molar-refractivity contribution in [1.82, 2.24) is 19.3 Å². The van der Waals surface area contributed by atoms with Gasteiger partial charge in [-0.1, -0.05) is 12.1 Å². The van der Waals surface area contributed by atoms with Gasteiger partial charge in [-0.3, -0.25) is 14.0 Å². The fourth-order valence-corrected chi connectivity index (χ4v) is 2.66. The highest BCUT2D eigenvalue weighted by Gasteiger charge is 2.13. The molecule has 0 spiro atoms. The Morgan fingerprint density at radius 2 is 2.05 bits per heavy atom. The van der Waals surface area contributed by atoms with Crippen molar-refractivity contribution in [2.24, 2.45) is 0 Å². The van der Waals surface area contributed by atoms with Crippen LogP contribution >= 0.6 is 15.9 Å². The molecule has 2 aromatic heterocycles. The lowest BCUT2D eigenvalue weighted by Gasteiger charge is -2.05. The Kier molecular flexibility index (Phi) is 3.63. The van der Waals surface area contributed by atoms with Crippen LogP contribution in [0, 0.1) is 13.8 Å². The number of carbonyl (C=O) groups is 1. The predicted molar refractivity (Wildman–Crippen MR) is 84.4 cm³/mol. The van der Waals surface area contributed by atoms with Crippen molar-refractivity contribution in [3.8, 4) is 0 Å². The first kappa shape index (κ1) is 14.0. The highest BCUT2D eigenvalue weighted by molar-refractivity contribution is 9.10. The van der Waals surface area contributed by atoms with Gasteiger partial charge in [0.1, 0.15) is 6.33 Å². The Balaban J connectivity index is 1.79. The van der Waals surface area contributed by atoms with Crippen molar-refractivity contribution in [2.75, 3.05) is 0 Å². The van der Waals surface area contributed by atoms with E-state index in [2.05, 4.69) is 26.0 Å². The van der Waals surface area contributed by atoms with Crippen LogP contribution in [-0.2, 0) is 6.54 Å². The summed E-state index contributed by atoms with van der Waals surface area (Å²) in [4.78, 5) is 16.6. The number of hydrogen-bond donors (Lipinski definition) is 0. The van der Waals surface area contributed by atoms with Gasteiger partial charge in [0.25, 0.3) is 0 Å².